The van der Waals surface area contributed by atoms with Crippen LogP contribution in [0.4, 0.5) is 4.39 Å². The molecule has 1 fully saturated rings. The fourth-order valence-electron chi connectivity index (χ4n) is 3.40. The van der Waals surface area contributed by atoms with Gasteiger partial charge in [0.2, 0.25) is 5.91 Å². The van der Waals surface area contributed by atoms with Crippen LogP contribution in [0, 0.1) is 19.7 Å². The van der Waals surface area contributed by atoms with Gasteiger partial charge in [-0.05, 0) is 49.6 Å². The number of ether oxygens (including phenoxy) is 1. The van der Waals surface area contributed by atoms with Crippen molar-refractivity contribution in [1.82, 2.24) is 20.0 Å². The summed E-state index contributed by atoms with van der Waals surface area (Å²) in [7, 11) is 0. The first-order valence-corrected chi connectivity index (χ1v) is 10.1. The fraction of sp³-hybridized carbons (Fsp3) is 0.455. The summed E-state index contributed by atoms with van der Waals surface area (Å²) in [4.78, 5) is 28.4. The van der Waals surface area contributed by atoms with Gasteiger partial charge in [0.25, 0.3) is 5.91 Å². The van der Waals surface area contributed by atoms with Crippen molar-refractivity contribution in [2.45, 2.75) is 27.2 Å². The van der Waals surface area contributed by atoms with Crippen LogP contribution in [0.15, 0.2) is 24.4 Å². The van der Waals surface area contributed by atoms with Crippen molar-refractivity contribution in [3.63, 3.8) is 0 Å². The second-order valence-electron chi connectivity index (χ2n) is 7.39. The Morgan fingerprint density at radius 1 is 1.27 bits per heavy atom. The Morgan fingerprint density at radius 2 is 2.07 bits per heavy atom. The van der Waals surface area contributed by atoms with Gasteiger partial charge in [0.15, 0.2) is 0 Å². The molecule has 0 spiro atoms. The van der Waals surface area contributed by atoms with E-state index in [1.165, 1.54) is 11.0 Å². The van der Waals surface area contributed by atoms with Crippen LogP contribution in [0.3, 0.4) is 0 Å². The van der Waals surface area contributed by atoms with Crippen LogP contribution in [0.1, 0.15) is 39.7 Å². The zero-order valence-corrected chi connectivity index (χ0v) is 17.7. The average molecular weight is 414 g/mol. The van der Waals surface area contributed by atoms with Gasteiger partial charge < -0.3 is 14.5 Å². The van der Waals surface area contributed by atoms with Gasteiger partial charge in [0.05, 0.1) is 24.1 Å². The molecule has 0 radical (unpaired) electrons. The highest BCUT2D eigenvalue weighted by atomic mass is 19.1. The largest absolute Gasteiger partial charge is 0.380 e. The summed E-state index contributed by atoms with van der Waals surface area (Å²) in [6.45, 7) is 8.09. The van der Waals surface area contributed by atoms with E-state index in [0.29, 0.717) is 39.3 Å². The maximum Gasteiger partial charge on any atom is 0.257 e. The Balaban J connectivity index is 1.71. The third-order valence-electron chi connectivity index (χ3n) is 5.40. The third-order valence-corrected chi connectivity index (χ3v) is 5.40. The van der Waals surface area contributed by atoms with Crippen molar-refractivity contribution in [2.75, 3.05) is 39.4 Å². The summed E-state index contributed by atoms with van der Waals surface area (Å²) < 4.78 is 19.7. The van der Waals surface area contributed by atoms with E-state index in [0.717, 1.165) is 22.4 Å². The van der Waals surface area contributed by atoms with E-state index >= 15 is 0 Å². The minimum Gasteiger partial charge on any atom is -0.380 e. The Labute approximate surface area is 175 Å². The Bertz CT molecular complexity index is 935. The number of carbonyl (C=O) groups is 2. The summed E-state index contributed by atoms with van der Waals surface area (Å²) in [5.41, 5.74) is 3.58. The van der Waals surface area contributed by atoms with Crippen LogP contribution >= 0.6 is 0 Å². The minimum absolute atomic E-state index is 0.0265. The van der Waals surface area contributed by atoms with Crippen LogP contribution in [-0.4, -0.2) is 71.2 Å². The number of aromatic nitrogens is 2. The lowest BCUT2D eigenvalue weighted by Crippen LogP contribution is -2.53. The van der Waals surface area contributed by atoms with Crippen LogP contribution in [0.5, 0.6) is 0 Å². The Kier molecular flexibility index (Phi) is 7.10. The van der Waals surface area contributed by atoms with Gasteiger partial charge in [-0.1, -0.05) is 6.07 Å². The topological polar surface area (TPSA) is 75.6 Å². The highest BCUT2D eigenvalue weighted by Crippen LogP contribution is 2.19. The minimum atomic E-state index is -0.595. The van der Waals surface area contributed by atoms with E-state index in [1.54, 1.807) is 23.2 Å². The number of halogens is 1. The summed E-state index contributed by atoms with van der Waals surface area (Å²) in [5.74, 6) is -1.22. The highest BCUT2D eigenvalue weighted by molar-refractivity contribution is 5.97. The number of hydrogen-bond acceptors (Lipinski definition) is 5. The molecule has 0 atom stereocenters. The molecular formula is C22H27FN4O3. The molecule has 2 heterocycles. The molecule has 7 nitrogen and oxygen atoms in total. The first kappa shape index (κ1) is 21.8. The lowest BCUT2D eigenvalue weighted by Gasteiger charge is -2.34. The van der Waals surface area contributed by atoms with Crippen molar-refractivity contribution < 1.29 is 18.7 Å². The van der Waals surface area contributed by atoms with E-state index in [9.17, 15) is 14.0 Å². The zero-order chi connectivity index (χ0) is 21.7. The molecule has 0 saturated carbocycles. The molecule has 3 rings (SSSR count). The van der Waals surface area contributed by atoms with Crippen molar-refractivity contribution in [3.05, 3.63) is 58.2 Å². The van der Waals surface area contributed by atoms with Gasteiger partial charge in [0.1, 0.15) is 12.4 Å². The number of piperazine rings is 1. The first-order valence-electron chi connectivity index (χ1n) is 10.1. The molecule has 0 aliphatic carbocycles. The molecule has 0 unspecified atom stereocenters. The molecule has 1 aliphatic rings. The molecule has 160 valence electrons. The van der Waals surface area contributed by atoms with Crippen molar-refractivity contribution >= 4 is 11.8 Å². The second kappa shape index (κ2) is 9.75. The second-order valence-corrected chi connectivity index (χ2v) is 7.39. The van der Waals surface area contributed by atoms with Gasteiger partial charge in [-0.3, -0.25) is 9.59 Å². The molecular weight excluding hydrogens is 387 g/mol. The number of amides is 2. The smallest absolute Gasteiger partial charge is 0.257 e. The number of rotatable bonds is 7. The highest BCUT2D eigenvalue weighted by Gasteiger charge is 2.29. The van der Waals surface area contributed by atoms with E-state index in [1.807, 2.05) is 20.8 Å². The standard InChI is InChI=1S/C22H27FN4O3/c1-4-30-10-9-26-7-8-27(14-21(26)28)22(29)18-11-17(5-6-19(18)23)12-20-16(3)15(2)13-24-25-20/h5-6,11,13H,4,7-10,12,14H2,1-3H3. The quantitative estimate of drug-likeness (QED) is 0.649. The molecule has 2 amide bonds. The van der Waals surface area contributed by atoms with E-state index in [2.05, 4.69) is 10.2 Å². The van der Waals surface area contributed by atoms with E-state index in [-0.39, 0.29) is 18.0 Å². The van der Waals surface area contributed by atoms with Gasteiger partial charge >= 0.3 is 0 Å². The zero-order valence-electron chi connectivity index (χ0n) is 17.7. The lowest BCUT2D eigenvalue weighted by molar-refractivity contribution is -0.135. The van der Waals surface area contributed by atoms with E-state index < -0.39 is 11.7 Å². The van der Waals surface area contributed by atoms with Crippen molar-refractivity contribution in [2.24, 2.45) is 0 Å². The number of carbonyl (C=O) groups excluding carboxylic acids is 2. The molecule has 1 saturated heterocycles. The molecule has 1 aliphatic heterocycles. The first-order chi connectivity index (χ1) is 14.4. The average Bonchev–Trinajstić information content (AvgIpc) is 2.73. The van der Waals surface area contributed by atoms with Crippen LogP contribution < -0.4 is 0 Å². The predicted octanol–water partition coefficient (Wildman–Crippen LogP) is 2.14. The maximum absolute atomic E-state index is 14.4. The maximum atomic E-state index is 14.4. The van der Waals surface area contributed by atoms with Crippen molar-refractivity contribution in [1.29, 1.82) is 0 Å². The Morgan fingerprint density at radius 3 is 2.80 bits per heavy atom. The van der Waals surface area contributed by atoms with Crippen molar-refractivity contribution in [3.8, 4) is 0 Å². The number of hydrogen-bond donors (Lipinski definition) is 0. The van der Waals surface area contributed by atoms with Gasteiger partial charge in [-0.2, -0.15) is 10.2 Å². The molecule has 0 N–H and O–H groups in total. The van der Waals surface area contributed by atoms with E-state index in [4.69, 9.17) is 4.74 Å². The summed E-state index contributed by atoms with van der Waals surface area (Å²) in [5, 5.41) is 8.15. The predicted molar refractivity (Wildman–Crippen MR) is 110 cm³/mol. The fourth-order valence-corrected chi connectivity index (χ4v) is 3.40. The van der Waals surface area contributed by atoms with Crippen LogP contribution in [0.25, 0.3) is 0 Å². The third kappa shape index (κ3) is 4.99. The van der Waals surface area contributed by atoms with Crippen LogP contribution in [0.2, 0.25) is 0 Å². The molecule has 1 aromatic carbocycles. The number of aryl methyl sites for hydroxylation is 1. The molecule has 30 heavy (non-hydrogen) atoms. The summed E-state index contributed by atoms with van der Waals surface area (Å²) >= 11 is 0. The lowest BCUT2D eigenvalue weighted by atomic mass is 10.0. The Hall–Kier alpha value is -2.87. The monoisotopic (exact) mass is 414 g/mol. The molecule has 2 aromatic rings. The molecule has 8 heteroatoms. The SMILES string of the molecule is CCOCCN1CCN(C(=O)c2cc(Cc3nncc(C)c3C)ccc2F)CC1=O. The van der Waals surface area contributed by atoms with Gasteiger partial charge in [-0.25, -0.2) is 4.39 Å². The number of nitrogens with zero attached hydrogens (tertiary/aromatic N) is 4. The van der Waals surface area contributed by atoms with Gasteiger partial charge in [0, 0.05) is 32.7 Å². The molecule has 0 bridgehead atoms. The normalized spacial score (nSPS) is 14.3. The van der Waals surface area contributed by atoms with Crippen LogP contribution in [-0.2, 0) is 16.0 Å². The van der Waals surface area contributed by atoms with Gasteiger partial charge in [-0.15, -0.1) is 0 Å². The summed E-state index contributed by atoms with van der Waals surface area (Å²) in [6, 6.07) is 4.49. The number of benzene rings is 1. The molecule has 1 aromatic heterocycles. The summed E-state index contributed by atoms with van der Waals surface area (Å²) in [6.07, 6.45) is 2.15.